The number of hydrogen-bond donors (Lipinski definition) is 2. The van der Waals surface area contributed by atoms with E-state index in [4.69, 9.17) is 10.2 Å². The largest absolute Gasteiger partial charge is 0.469 e. The van der Waals surface area contributed by atoms with Crippen LogP contribution in [-0.2, 0) is 0 Å². The topological polar surface area (TPSA) is 68.3 Å². The summed E-state index contributed by atoms with van der Waals surface area (Å²) in [5.41, 5.74) is 5.93. The van der Waals surface area contributed by atoms with Gasteiger partial charge in [0.15, 0.2) is 0 Å². The van der Waals surface area contributed by atoms with Gasteiger partial charge in [-0.1, -0.05) is 13.8 Å². The van der Waals surface area contributed by atoms with Crippen molar-refractivity contribution in [2.45, 2.75) is 39.7 Å². The molecule has 1 amide bonds. The van der Waals surface area contributed by atoms with Gasteiger partial charge in [0.25, 0.3) is 5.91 Å². The predicted molar refractivity (Wildman–Crippen MR) is 67.8 cm³/mol. The van der Waals surface area contributed by atoms with Crippen LogP contribution in [0.3, 0.4) is 0 Å². The molecular formula is C13H22N2O2. The normalized spacial score (nSPS) is 14.7. The van der Waals surface area contributed by atoms with Crippen molar-refractivity contribution < 1.29 is 9.21 Å². The first kappa shape index (κ1) is 13.8. The van der Waals surface area contributed by atoms with Crippen molar-refractivity contribution in [1.29, 1.82) is 0 Å². The van der Waals surface area contributed by atoms with Gasteiger partial charge in [-0.3, -0.25) is 4.79 Å². The van der Waals surface area contributed by atoms with Crippen LogP contribution in [0.25, 0.3) is 0 Å². The second kappa shape index (κ2) is 5.36. The van der Waals surface area contributed by atoms with E-state index in [1.54, 1.807) is 6.07 Å². The summed E-state index contributed by atoms with van der Waals surface area (Å²) in [5, 5.41) is 2.98. The van der Waals surface area contributed by atoms with Crippen molar-refractivity contribution in [1.82, 2.24) is 5.32 Å². The van der Waals surface area contributed by atoms with Crippen molar-refractivity contribution in [3.63, 3.8) is 0 Å². The number of carbonyl (C=O) groups is 1. The molecule has 1 aromatic heterocycles. The zero-order valence-corrected chi connectivity index (χ0v) is 11.0. The van der Waals surface area contributed by atoms with Gasteiger partial charge in [-0.25, -0.2) is 0 Å². The lowest BCUT2D eigenvalue weighted by Gasteiger charge is -2.31. The fourth-order valence-electron chi connectivity index (χ4n) is 2.00. The second-order valence-electron chi connectivity index (χ2n) is 5.26. The maximum absolute atomic E-state index is 12.0. The van der Waals surface area contributed by atoms with Crippen LogP contribution in [0.15, 0.2) is 16.7 Å². The lowest BCUT2D eigenvalue weighted by molar-refractivity contribution is 0.0897. The summed E-state index contributed by atoms with van der Waals surface area (Å²) in [5.74, 6) is 1.08. The molecule has 0 radical (unpaired) electrons. The highest BCUT2D eigenvalue weighted by Crippen LogP contribution is 2.16. The summed E-state index contributed by atoms with van der Waals surface area (Å²) >= 11 is 0. The van der Waals surface area contributed by atoms with Crippen LogP contribution in [0.2, 0.25) is 0 Å². The lowest BCUT2D eigenvalue weighted by atomic mass is 9.90. The Labute approximate surface area is 103 Å². The first-order chi connectivity index (χ1) is 7.86. The van der Waals surface area contributed by atoms with E-state index in [1.165, 1.54) is 6.26 Å². The molecule has 96 valence electrons. The van der Waals surface area contributed by atoms with Crippen LogP contribution in [0, 0.1) is 12.8 Å². The highest BCUT2D eigenvalue weighted by molar-refractivity contribution is 5.94. The Morgan fingerprint density at radius 1 is 1.59 bits per heavy atom. The van der Waals surface area contributed by atoms with E-state index in [0.717, 1.165) is 12.2 Å². The third-order valence-corrected chi connectivity index (χ3v) is 2.72. The van der Waals surface area contributed by atoms with E-state index in [-0.39, 0.29) is 11.4 Å². The number of rotatable bonds is 5. The monoisotopic (exact) mass is 238 g/mol. The Morgan fingerprint density at radius 2 is 2.24 bits per heavy atom. The van der Waals surface area contributed by atoms with Crippen molar-refractivity contribution >= 4 is 5.91 Å². The molecule has 4 nitrogen and oxygen atoms in total. The molecule has 0 bridgehead atoms. The Balaban J connectivity index is 2.71. The van der Waals surface area contributed by atoms with Crippen LogP contribution < -0.4 is 11.1 Å². The van der Waals surface area contributed by atoms with Gasteiger partial charge >= 0.3 is 0 Å². The number of carbonyl (C=O) groups excluding carboxylic acids is 1. The standard InChI is InChI=1S/C13H22N2O2/c1-9(2)6-13(4,8-14)15-12(16)11-5-10(3)17-7-11/h5,7,9H,6,8,14H2,1-4H3,(H,15,16). The van der Waals surface area contributed by atoms with Crippen molar-refractivity contribution in [2.75, 3.05) is 6.54 Å². The minimum absolute atomic E-state index is 0.129. The molecule has 0 saturated carbocycles. The number of furan rings is 1. The number of hydrogen-bond acceptors (Lipinski definition) is 3. The predicted octanol–water partition coefficient (Wildman–Crippen LogP) is 2.08. The van der Waals surface area contributed by atoms with Gasteiger partial charge < -0.3 is 15.5 Å². The third kappa shape index (κ3) is 3.89. The molecule has 0 aliphatic carbocycles. The minimum Gasteiger partial charge on any atom is -0.469 e. The van der Waals surface area contributed by atoms with E-state index >= 15 is 0 Å². The first-order valence-corrected chi connectivity index (χ1v) is 5.94. The third-order valence-electron chi connectivity index (χ3n) is 2.72. The summed E-state index contributed by atoms with van der Waals surface area (Å²) in [6, 6.07) is 1.72. The van der Waals surface area contributed by atoms with Crippen molar-refractivity contribution in [2.24, 2.45) is 11.7 Å². The number of amides is 1. The second-order valence-corrected chi connectivity index (χ2v) is 5.26. The Morgan fingerprint density at radius 3 is 2.65 bits per heavy atom. The van der Waals surface area contributed by atoms with Crippen LogP contribution in [-0.4, -0.2) is 18.0 Å². The van der Waals surface area contributed by atoms with E-state index < -0.39 is 0 Å². The van der Waals surface area contributed by atoms with Crippen LogP contribution in [0.4, 0.5) is 0 Å². The average Bonchev–Trinajstić information content (AvgIpc) is 2.63. The molecule has 3 N–H and O–H groups in total. The molecule has 1 aromatic rings. The molecule has 0 spiro atoms. The Bertz CT molecular complexity index is 385. The quantitative estimate of drug-likeness (QED) is 0.825. The molecule has 0 fully saturated rings. The lowest BCUT2D eigenvalue weighted by Crippen LogP contribution is -2.52. The van der Waals surface area contributed by atoms with E-state index in [9.17, 15) is 4.79 Å². The highest BCUT2D eigenvalue weighted by Gasteiger charge is 2.26. The van der Waals surface area contributed by atoms with Crippen molar-refractivity contribution in [3.05, 3.63) is 23.7 Å². The van der Waals surface area contributed by atoms with Crippen molar-refractivity contribution in [3.8, 4) is 0 Å². The maximum atomic E-state index is 12.0. The molecule has 0 aliphatic rings. The highest BCUT2D eigenvalue weighted by atomic mass is 16.3. The molecule has 1 atom stereocenters. The van der Waals surface area contributed by atoms with Gasteiger partial charge in [-0.2, -0.15) is 0 Å². The van der Waals surface area contributed by atoms with E-state index in [0.29, 0.717) is 18.0 Å². The SMILES string of the molecule is Cc1cc(C(=O)NC(C)(CN)CC(C)C)co1. The summed E-state index contributed by atoms with van der Waals surface area (Å²) < 4.78 is 5.12. The fraction of sp³-hybridized carbons (Fsp3) is 0.615. The minimum atomic E-state index is -0.365. The summed E-state index contributed by atoms with van der Waals surface area (Å²) in [4.78, 5) is 12.0. The van der Waals surface area contributed by atoms with Gasteiger partial charge in [0.1, 0.15) is 12.0 Å². The molecule has 4 heteroatoms. The van der Waals surface area contributed by atoms with E-state index in [1.807, 2.05) is 13.8 Å². The van der Waals surface area contributed by atoms with Crippen LogP contribution >= 0.6 is 0 Å². The molecular weight excluding hydrogens is 216 g/mol. The van der Waals surface area contributed by atoms with Gasteiger partial charge in [-0.05, 0) is 32.3 Å². The summed E-state index contributed by atoms with van der Waals surface area (Å²) in [6.45, 7) is 8.43. The molecule has 0 saturated heterocycles. The molecule has 0 aliphatic heterocycles. The zero-order valence-electron chi connectivity index (χ0n) is 11.0. The summed E-state index contributed by atoms with van der Waals surface area (Å²) in [7, 11) is 0. The number of nitrogens with one attached hydrogen (secondary N) is 1. The Hall–Kier alpha value is -1.29. The van der Waals surface area contributed by atoms with Crippen LogP contribution in [0.1, 0.15) is 43.3 Å². The Kier molecular flexibility index (Phi) is 4.34. The van der Waals surface area contributed by atoms with Crippen LogP contribution in [0.5, 0.6) is 0 Å². The van der Waals surface area contributed by atoms with Gasteiger partial charge in [-0.15, -0.1) is 0 Å². The average molecular weight is 238 g/mol. The maximum Gasteiger partial charge on any atom is 0.255 e. The van der Waals surface area contributed by atoms with Gasteiger partial charge in [0, 0.05) is 12.1 Å². The first-order valence-electron chi connectivity index (χ1n) is 5.94. The molecule has 1 unspecified atom stereocenters. The molecule has 17 heavy (non-hydrogen) atoms. The summed E-state index contributed by atoms with van der Waals surface area (Å²) in [6.07, 6.45) is 2.32. The van der Waals surface area contributed by atoms with Gasteiger partial charge in [0.2, 0.25) is 0 Å². The molecule has 0 aromatic carbocycles. The fourth-order valence-corrected chi connectivity index (χ4v) is 2.00. The zero-order chi connectivity index (χ0) is 13.1. The molecule has 1 heterocycles. The van der Waals surface area contributed by atoms with Gasteiger partial charge in [0.05, 0.1) is 5.56 Å². The smallest absolute Gasteiger partial charge is 0.255 e. The number of nitrogens with two attached hydrogens (primary N) is 1. The number of aryl methyl sites for hydroxylation is 1. The van der Waals surface area contributed by atoms with E-state index in [2.05, 4.69) is 19.2 Å². The molecule has 1 rings (SSSR count).